The summed E-state index contributed by atoms with van der Waals surface area (Å²) >= 11 is 0. The van der Waals surface area contributed by atoms with E-state index in [9.17, 15) is 9.90 Å². The highest BCUT2D eigenvalue weighted by Crippen LogP contribution is 2.24. The van der Waals surface area contributed by atoms with Gasteiger partial charge >= 0.3 is 0 Å². The SMILES string of the molecule is CCCC(O)C(C(=O)N(N)CC(C)C)c1ccccc1. The number of carbonyl (C=O) groups is 1. The highest BCUT2D eigenvalue weighted by atomic mass is 16.3. The molecule has 2 atom stereocenters. The van der Waals surface area contributed by atoms with Gasteiger partial charge in [-0.3, -0.25) is 9.80 Å². The maximum absolute atomic E-state index is 12.5. The number of hydrogen-bond acceptors (Lipinski definition) is 3. The van der Waals surface area contributed by atoms with Crippen molar-refractivity contribution in [2.75, 3.05) is 6.54 Å². The maximum atomic E-state index is 12.5. The van der Waals surface area contributed by atoms with Crippen molar-refractivity contribution >= 4 is 5.91 Å². The molecule has 0 radical (unpaired) electrons. The van der Waals surface area contributed by atoms with E-state index >= 15 is 0 Å². The van der Waals surface area contributed by atoms with E-state index in [4.69, 9.17) is 5.84 Å². The zero-order chi connectivity index (χ0) is 15.1. The van der Waals surface area contributed by atoms with Crippen molar-refractivity contribution in [3.05, 3.63) is 35.9 Å². The highest BCUT2D eigenvalue weighted by Gasteiger charge is 2.30. The third kappa shape index (κ3) is 4.62. The Kier molecular flexibility index (Phi) is 6.68. The average Bonchev–Trinajstić information content (AvgIpc) is 2.39. The number of aliphatic hydroxyl groups is 1. The second kappa shape index (κ2) is 8.02. The third-order valence-electron chi connectivity index (χ3n) is 3.24. The fraction of sp³-hybridized carbons (Fsp3) is 0.562. The summed E-state index contributed by atoms with van der Waals surface area (Å²) in [4.78, 5) is 12.5. The van der Waals surface area contributed by atoms with Crippen LogP contribution in [0.2, 0.25) is 0 Å². The van der Waals surface area contributed by atoms with E-state index in [0.717, 1.165) is 12.0 Å². The van der Waals surface area contributed by atoms with Gasteiger partial charge in [0.05, 0.1) is 12.0 Å². The van der Waals surface area contributed by atoms with Crippen LogP contribution in [0.3, 0.4) is 0 Å². The van der Waals surface area contributed by atoms with E-state index in [1.54, 1.807) is 0 Å². The van der Waals surface area contributed by atoms with Crippen molar-refractivity contribution in [1.29, 1.82) is 0 Å². The number of hydrazine groups is 1. The molecule has 3 N–H and O–H groups in total. The number of amides is 1. The molecule has 4 heteroatoms. The van der Waals surface area contributed by atoms with Gasteiger partial charge in [-0.05, 0) is 17.9 Å². The zero-order valence-corrected chi connectivity index (χ0v) is 12.6. The van der Waals surface area contributed by atoms with Gasteiger partial charge in [0.15, 0.2) is 0 Å². The zero-order valence-electron chi connectivity index (χ0n) is 12.6. The van der Waals surface area contributed by atoms with Crippen LogP contribution in [0, 0.1) is 5.92 Å². The third-order valence-corrected chi connectivity index (χ3v) is 3.24. The van der Waals surface area contributed by atoms with Crippen molar-refractivity contribution in [2.45, 2.75) is 45.6 Å². The second-order valence-corrected chi connectivity index (χ2v) is 5.63. The van der Waals surface area contributed by atoms with Crippen LogP contribution in [0.5, 0.6) is 0 Å². The summed E-state index contributed by atoms with van der Waals surface area (Å²) in [7, 11) is 0. The van der Waals surface area contributed by atoms with Gasteiger partial charge in [-0.1, -0.05) is 57.5 Å². The molecule has 1 aromatic rings. The minimum absolute atomic E-state index is 0.217. The first-order valence-corrected chi connectivity index (χ1v) is 7.26. The molecule has 1 aromatic carbocycles. The van der Waals surface area contributed by atoms with Gasteiger partial charge in [0, 0.05) is 6.54 Å². The van der Waals surface area contributed by atoms with Crippen molar-refractivity contribution in [2.24, 2.45) is 11.8 Å². The molecule has 0 bridgehead atoms. The van der Waals surface area contributed by atoms with Crippen LogP contribution < -0.4 is 5.84 Å². The van der Waals surface area contributed by atoms with Crippen molar-refractivity contribution in [1.82, 2.24) is 5.01 Å². The number of nitrogens with zero attached hydrogens (tertiary/aromatic N) is 1. The van der Waals surface area contributed by atoms with Crippen LogP contribution >= 0.6 is 0 Å². The lowest BCUT2D eigenvalue weighted by atomic mass is 9.89. The highest BCUT2D eigenvalue weighted by molar-refractivity contribution is 5.84. The van der Waals surface area contributed by atoms with Crippen LogP contribution in [0.15, 0.2) is 30.3 Å². The molecule has 0 aliphatic rings. The van der Waals surface area contributed by atoms with Crippen LogP contribution in [0.4, 0.5) is 0 Å². The summed E-state index contributed by atoms with van der Waals surface area (Å²) in [6.07, 6.45) is 0.709. The summed E-state index contributed by atoms with van der Waals surface area (Å²) < 4.78 is 0. The molecule has 1 amide bonds. The predicted molar refractivity (Wildman–Crippen MR) is 80.8 cm³/mol. The number of nitrogens with two attached hydrogens (primary N) is 1. The Balaban J connectivity index is 2.96. The minimum atomic E-state index is -0.701. The molecule has 0 heterocycles. The summed E-state index contributed by atoms with van der Waals surface area (Å²) in [5, 5.41) is 11.6. The van der Waals surface area contributed by atoms with Crippen molar-refractivity contribution in [3.8, 4) is 0 Å². The van der Waals surface area contributed by atoms with Crippen molar-refractivity contribution in [3.63, 3.8) is 0 Å². The molecule has 0 saturated heterocycles. The maximum Gasteiger partial charge on any atom is 0.246 e. The van der Waals surface area contributed by atoms with Gasteiger partial charge in [0.25, 0.3) is 0 Å². The lowest BCUT2D eigenvalue weighted by molar-refractivity contribution is -0.136. The van der Waals surface area contributed by atoms with Crippen LogP contribution in [0.25, 0.3) is 0 Å². The quantitative estimate of drug-likeness (QED) is 0.457. The number of hydrogen-bond donors (Lipinski definition) is 2. The molecule has 1 rings (SSSR count). The fourth-order valence-corrected chi connectivity index (χ4v) is 2.31. The molecule has 0 fully saturated rings. The smallest absolute Gasteiger partial charge is 0.246 e. The largest absolute Gasteiger partial charge is 0.392 e. The van der Waals surface area contributed by atoms with E-state index in [2.05, 4.69) is 0 Å². The Morgan fingerprint density at radius 2 is 1.90 bits per heavy atom. The topological polar surface area (TPSA) is 66.6 Å². The van der Waals surface area contributed by atoms with E-state index in [1.807, 2.05) is 51.1 Å². The molecular weight excluding hydrogens is 252 g/mol. The molecule has 20 heavy (non-hydrogen) atoms. The van der Waals surface area contributed by atoms with Gasteiger partial charge in [-0.2, -0.15) is 0 Å². The summed E-state index contributed by atoms with van der Waals surface area (Å²) in [5.74, 6) is 5.36. The van der Waals surface area contributed by atoms with Crippen LogP contribution in [0.1, 0.15) is 45.1 Å². The van der Waals surface area contributed by atoms with Crippen LogP contribution in [-0.2, 0) is 4.79 Å². The van der Waals surface area contributed by atoms with E-state index < -0.39 is 12.0 Å². The monoisotopic (exact) mass is 278 g/mol. The van der Waals surface area contributed by atoms with Gasteiger partial charge in [0.1, 0.15) is 0 Å². The first kappa shape index (κ1) is 16.7. The molecular formula is C16H26N2O2. The summed E-state index contributed by atoms with van der Waals surface area (Å²) in [6, 6.07) is 9.37. The number of carbonyl (C=O) groups excluding carboxylic acids is 1. The predicted octanol–water partition coefficient (Wildman–Crippen LogP) is 2.29. The van der Waals surface area contributed by atoms with Gasteiger partial charge in [0.2, 0.25) is 5.91 Å². The van der Waals surface area contributed by atoms with Crippen molar-refractivity contribution < 1.29 is 9.90 Å². The number of aliphatic hydroxyl groups excluding tert-OH is 1. The Labute approximate surface area is 121 Å². The molecule has 0 aromatic heterocycles. The Morgan fingerprint density at radius 1 is 1.30 bits per heavy atom. The second-order valence-electron chi connectivity index (χ2n) is 5.63. The molecule has 112 valence electrons. The molecule has 2 unspecified atom stereocenters. The Morgan fingerprint density at radius 3 is 2.40 bits per heavy atom. The average molecular weight is 278 g/mol. The first-order valence-electron chi connectivity index (χ1n) is 7.26. The van der Waals surface area contributed by atoms with Gasteiger partial charge in [-0.15, -0.1) is 0 Å². The number of benzene rings is 1. The molecule has 4 nitrogen and oxygen atoms in total. The van der Waals surface area contributed by atoms with Crippen LogP contribution in [-0.4, -0.2) is 28.7 Å². The normalized spacial score (nSPS) is 14.1. The summed E-state index contributed by atoms with van der Waals surface area (Å²) in [5.41, 5.74) is 0.817. The van der Waals surface area contributed by atoms with Gasteiger partial charge < -0.3 is 5.11 Å². The number of rotatable bonds is 7. The lowest BCUT2D eigenvalue weighted by Gasteiger charge is -2.28. The molecule has 0 spiro atoms. The first-order chi connectivity index (χ1) is 9.47. The Bertz CT molecular complexity index is 406. The minimum Gasteiger partial charge on any atom is -0.392 e. The molecule has 0 saturated carbocycles. The molecule has 0 aliphatic carbocycles. The standard InChI is InChI=1S/C16H26N2O2/c1-4-8-14(19)15(13-9-6-5-7-10-13)16(20)18(17)11-12(2)3/h5-7,9-10,12,14-15,19H,4,8,11,17H2,1-3H3. The molecule has 0 aliphatic heterocycles. The van der Waals surface area contributed by atoms with E-state index in [0.29, 0.717) is 18.9 Å². The Hall–Kier alpha value is -1.39. The fourth-order valence-electron chi connectivity index (χ4n) is 2.31. The van der Waals surface area contributed by atoms with E-state index in [1.165, 1.54) is 5.01 Å². The summed E-state index contributed by atoms with van der Waals surface area (Å²) in [6.45, 7) is 6.49. The van der Waals surface area contributed by atoms with Gasteiger partial charge in [-0.25, -0.2) is 5.84 Å². The lowest BCUT2D eigenvalue weighted by Crippen LogP contribution is -2.45. The van der Waals surface area contributed by atoms with E-state index in [-0.39, 0.29) is 5.91 Å².